The maximum absolute atomic E-state index is 13.6. The Morgan fingerprint density at radius 2 is 1.60 bits per heavy atom. The maximum atomic E-state index is 13.6. The van der Waals surface area contributed by atoms with Gasteiger partial charge in [-0.05, 0) is 43.5 Å². The van der Waals surface area contributed by atoms with Crippen molar-refractivity contribution in [2.75, 3.05) is 13.2 Å². The summed E-state index contributed by atoms with van der Waals surface area (Å²) >= 11 is 0. The Morgan fingerprint density at radius 1 is 0.886 bits per heavy atom. The third-order valence-electron chi connectivity index (χ3n) is 5.92. The molecule has 2 amide bonds. The van der Waals surface area contributed by atoms with Crippen LogP contribution in [-0.4, -0.2) is 35.9 Å². The smallest absolute Gasteiger partial charge is 0.261 e. The summed E-state index contributed by atoms with van der Waals surface area (Å²) in [5.41, 5.74) is 4.21. The fourth-order valence-corrected chi connectivity index (χ4v) is 3.93. The second-order valence-electron chi connectivity index (χ2n) is 8.96. The van der Waals surface area contributed by atoms with Crippen molar-refractivity contribution in [3.63, 3.8) is 0 Å². The highest BCUT2D eigenvalue weighted by atomic mass is 16.5. The number of carbonyl (C=O) groups is 2. The van der Waals surface area contributed by atoms with Crippen molar-refractivity contribution in [3.05, 3.63) is 101 Å². The maximum Gasteiger partial charge on any atom is 0.261 e. The van der Waals surface area contributed by atoms with Crippen LogP contribution >= 0.6 is 0 Å². The third kappa shape index (κ3) is 8.29. The van der Waals surface area contributed by atoms with E-state index in [-0.39, 0.29) is 18.4 Å². The third-order valence-corrected chi connectivity index (χ3v) is 5.92. The van der Waals surface area contributed by atoms with Crippen molar-refractivity contribution in [2.24, 2.45) is 0 Å². The number of rotatable bonds is 12. The number of nitrogens with one attached hydrogen (secondary N) is 1. The molecular formula is C30H36N2O3. The van der Waals surface area contributed by atoms with Crippen LogP contribution in [0.5, 0.6) is 5.75 Å². The van der Waals surface area contributed by atoms with E-state index in [1.54, 1.807) is 4.90 Å². The summed E-state index contributed by atoms with van der Waals surface area (Å²) in [4.78, 5) is 28.6. The normalized spacial score (nSPS) is 11.5. The number of amides is 2. The number of unbranched alkanes of at least 4 members (excludes halogenated alkanes) is 1. The lowest BCUT2D eigenvalue weighted by atomic mass is 10.0. The second-order valence-corrected chi connectivity index (χ2v) is 8.96. The molecule has 0 bridgehead atoms. The van der Waals surface area contributed by atoms with E-state index >= 15 is 0 Å². The van der Waals surface area contributed by atoms with Crippen molar-refractivity contribution in [3.8, 4) is 5.75 Å². The summed E-state index contributed by atoms with van der Waals surface area (Å²) < 4.78 is 5.82. The van der Waals surface area contributed by atoms with E-state index in [0.29, 0.717) is 25.3 Å². The summed E-state index contributed by atoms with van der Waals surface area (Å²) in [6.45, 7) is 6.90. The number of ether oxygens (including phenoxy) is 1. The Hall–Kier alpha value is -3.60. The van der Waals surface area contributed by atoms with Crippen LogP contribution in [0.1, 0.15) is 42.0 Å². The van der Waals surface area contributed by atoms with Crippen LogP contribution in [-0.2, 0) is 22.6 Å². The molecule has 0 heterocycles. The quantitative estimate of drug-likeness (QED) is 0.367. The Kier molecular flexibility index (Phi) is 9.91. The van der Waals surface area contributed by atoms with Gasteiger partial charge in [0.15, 0.2) is 6.61 Å². The number of benzene rings is 3. The van der Waals surface area contributed by atoms with Crippen LogP contribution in [0.15, 0.2) is 78.9 Å². The molecule has 5 nitrogen and oxygen atoms in total. The van der Waals surface area contributed by atoms with E-state index in [9.17, 15) is 9.59 Å². The van der Waals surface area contributed by atoms with Gasteiger partial charge in [0.1, 0.15) is 11.8 Å². The van der Waals surface area contributed by atoms with Gasteiger partial charge in [-0.15, -0.1) is 0 Å². The molecule has 0 saturated carbocycles. The first-order valence-electron chi connectivity index (χ1n) is 12.3. The van der Waals surface area contributed by atoms with Gasteiger partial charge in [-0.1, -0.05) is 91.2 Å². The predicted octanol–water partition coefficient (Wildman–Crippen LogP) is 5.24. The Balaban J connectivity index is 1.87. The zero-order valence-electron chi connectivity index (χ0n) is 21.0. The van der Waals surface area contributed by atoms with Crippen molar-refractivity contribution in [2.45, 2.75) is 52.6 Å². The monoisotopic (exact) mass is 472 g/mol. The Labute approximate surface area is 209 Å². The summed E-state index contributed by atoms with van der Waals surface area (Å²) in [5.74, 6) is 0.267. The zero-order valence-corrected chi connectivity index (χ0v) is 21.0. The topological polar surface area (TPSA) is 58.6 Å². The highest BCUT2D eigenvalue weighted by Crippen LogP contribution is 2.17. The summed E-state index contributed by atoms with van der Waals surface area (Å²) in [6.07, 6.45) is 2.31. The average molecular weight is 473 g/mol. The molecule has 0 aromatic heterocycles. The van der Waals surface area contributed by atoms with Crippen molar-refractivity contribution < 1.29 is 14.3 Å². The Morgan fingerprint density at radius 3 is 2.29 bits per heavy atom. The predicted molar refractivity (Wildman–Crippen MR) is 140 cm³/mol. The lowest BCUT2D eigenvalue weighted by molar-refractivity contribution is -0.142. The average Bonchev–Trinajstić information content (AvgIpc) is 2.86. The van der Waals surface area contributed by atoms with Gasteiger partial charge in [0.2, 0.25) is 5.91 Å². The fraction of sp³-hybridized carbons (Fsp3) is 0.333. The molecule has 1 N–H and O–H groups in total. The molecular weight excluding hydrogens is 436 g/mol. The van der Waals surface area contributed by atoms with Crippen LogP contribution in [0.4, 0.5) is 0 Å². The molecule has 1 atom stereocenters. The van der Waals surface area contributed by atoms with E-state index in [0.717, 1.165) is 35.1 Å². The standard InChI is InChI=1S/C30H36N2O3/c1-4-5-18-31-30(34)28(20-25-11-7-6-8-12-25)32(21-26-13-9-10-24(3)19-26)29(33)22-35-27-16-14-23(2)15-17-27/h6-17,19,28H,4-5,18,20-22H2,1-3H3,(H,31,34). The van der Waals surface area contributed by atoms with E-state index in [4.69, 9.17) is 4.74 Å². The molecule has 0 saturated heterocycles. The van der Waals surface area contributed by atoms with Crippen molar-refractivity contribution in [1.29, 1.82) is 0 Å². The lowest BCUT2D eigenvalue weighted by Gasteiger charge is -2.31. The molecule has 3 aromatic carbocycles. The molecule has 0 aliphatic heterocycles. The van der Waals surface area contributed by atoms with Gasteiger partial charge in [-0.25, -0.2) is 0 Å². The lowest BCUT2D eigenvalue weighted by Crippen LogP contribution is -2.51. The molecule has 0 spiro atoms. The molecule has 0 aliphatic rings. The zero-order chi connectivity index (χ0) is 25.0. The van der Waals surface area contributed by atoms with Gasteiger partial charge in [0, 0.05) is 19.5 Å². The van der Waals surface area contributed by atoms with Gasteiger partial charge in [0.05, 0.1) is 0 Å². The minimum absolute atomic E-state index is 0.137. The highest BCUT2D eigenvalue weighted by molar-refractivity contribution is 5.88. The first-order chi connectivity index (χ1) is 17.0. The van der Waals surface area contributed by atoms with Crippen LogP contribution in [0.3, 0.4) is 0 Å². The first kappa shape index (κ1) is 26.0. The van der Waals surface area contributed by atoms with Gasteiger partial charge in [-0.3, -0.25) is 9.59 Å². The first-order valence-corrected chi connectivity index (χ1v) is 12.3. The van der Waals surface area contributed by atoms with Crippen molar-refractivity contribution in [1.82, 2.24) is 10.2 Å². The van der Waals surface area contributed by atoms with E-state index < -0.39 is 6.04 Å². The van der Waals surface area contributed by atoms with E-state index in [1.165, 1.54) is 0 Å². The van der Waals surface area contributed by atoms with Crippen LogP contribution in [0.2, 0.25) is 0 Å². The molecule has 35 heavy (non-hydrogen) atoms. The molecule has 1 unspecified atom stereocenters. The summed E-state index contributed by atoms with van der Waals surface area (Å²) in [7, 11) is 0. The number of hydrogen-bond donors (Lipinski definition) is 1. The van der Waals surface area contributed by atoms with Gasteiger partial charge in [-0.2, -0.15) is 0 Å². The number of hydrogen-bond acceptors (Lipinski definition) is 3. The van der Waals surface area contributed by atoms with Gasteiger partial charge < -0.3 is 15.0 Å². The Bertz CT molecular complexity index is 1080. The van der Waals surface area contributed by atoms with E-state index in [2.05, 4.69) is 18.3 Å². The second kappa shape index (κ2) is 13.3. The number of aryl methyl sites for hydroxylation is 2. The van der Waals surface area contributed by atoms with Gasteiger partial charge >= 0.3 is 0 Å². The van der Waals surface area contributed by atoms with Crippen LogP contribution in [0.25, 0.3) is 0 Å². The van der Waals surface area contributed by atoms with Crippen molar-refractivity contribution >= 4 is 11.8 Å². The molecule has 184 valence electrons. The molecule has 3 rings (SSSR count). The molecule has 0 aliphatic carbocycles. The molecule has 0 fully saturated rings. The largest absolute Gasteiger partial charge is 0.484 e. The highest BCUT2D eigenvalue weighted by Gasteiger charge is 2.30. The summed E-state index contributed by atoms with van der Waals surface area (Å²) in [6, 6.07) is 24.8. The molecule has 0 radical (unpaired) electrons. The fourth-order valence-electron chi connectivity index (χ4n) is 3.93. The van der Waals surface area contributed by atoms with E-state index in [1.807, 2.05) is 86.6 Å². The number of carbonyl (C=O) groups excluding carboxylic acids is 2. The SMILES string of the molecule is CCCCNC(=O)C(Cc1ccccc1)N(Cc1cccc(C)c1)C(=O)COc1ccc(C)cc1. The number of nitrogens with zero attached hydrogens (tertiary/aromatic N) is 1. The molecule has 3 aromatic rings. The minimum Gasteiger partial charge on any atom is -0.484 e. The summed E-state index contributed by atoms with van der Waals surface area (Å²) in [5, 5.41) is 3.04. The molecule has 5 heteroatoms. The van der Waals surface area contributed by atoms with Gasteiger partial charge in [0.25, 0.3) is 5.91 Å². The minimum atomic E-state index is -0.649. The van der Waals surface area contributed by atoms with Crippen LogP contribution < -0.4 is 10.1 Å². The van der Waals surface area contributed by atoms with Crippen LogP contribution in [0, 0.1) is 13.8 Å².